The molecule has 0 N–H and O–H groups in total. The lowest BCUT2D eigenvalue weighted by molar-refractivity contribution is -0.385. The first-order valence-electron chi connectivity index (χ1n) is 5.72. The van der Waals surface area contributed by atoms with Gasteiger partial charge in [-0.15, -0.1) is 0 Å². The molecule has 0 bridgehead atoms. The van der Waals surface area contributed by atoms with Crippen LogP contribution in [0.2, 0.25) is 0 Å². The molecule has 0 unspecified atom stereocenters. The molecule has 21 heavy (non-hydrogen) atoms. The first-order chi connectivity index (χ1) is 9.90. The summed E-state index contributed by atoms with van der Waals surface area (Å²) in [5.41, 5.74) is -1.12. The third kappa shape index (κ3) is 3.22. The number of halogens is 2. The minimum Gasteiger partial charge on any atom is -0.300 e. The van der Waals surface area contributed by atoms with Crippen LogP contribution >= 0.6 is 15.9 Å². The van der Waals surface area contributed by atoms with Gasteiger partial charge in [-0.05, 0) is 28.1 Å². The van der Waals surface area contributed by atoms with Crippen molar-refractivity contribution in [2.45, 2.75) is 6.54 Å². The Morgan fingerprint density at radius 2 is 2.05 bits per heavy atom. The zero-order chi connectivity index (χ0) is 15.6. The molecule has 8 heteroatoms. The number of Topliss-reactive ketones (excluding diaryl/α,β-unsaturated/α-hetero) is 1. The molecule has 6 nitrogen and oxygen atoms in total. The topological polar surface area (TPSA) is 82.2 Å². The number of aromatic nitrogens is 1. The summed E-state index contributed by atoms with van der Waals surface area (Å²) in [6.07, 6.45) is 0.950. The molecule has 1 heterocycles. The van der Waals surface area contributed by atoms with Gasteiger partial charge in [0.15, 0.2) is 5.78 Å². The summed E-state index contributed by atoms with van der Waals surface area (Å²) in [6.45, 7) is -0.486. The molecule has 0 aliphatic rings. The Kier molecular flexibility index (Phi) is 4.27. The fourth-order valence-electron chi connectivity index (χ4n) is 1.73. The van der Waals surface area contributed by atoms with Crippen LogP contribution in [0.4, 0.5) is 10.1 Å². The van der Waals surface area contributed by atoms with Crippen LogP contribution in [0.3, 0.4) is 0 Å². The number of nitro groups is 1. The SMILES string of the molecule is O=C(Cn1cc([N+](=O)[O-])cc(Br)c1=O)c1ccccc1F. The van der Waals surface area contributed by atoms with Crippen molar-refractivity contribution in [3.63, 3.8) is 0 Å². The number of hydrogen-bond donors (Lipinski definition) is 0. The Morgan fingerprint density at radius 1 is 1.38 bits per heavy atom. The van der Waals surface area contributed by atoms with Crippen LogP contribution in [0.25, 0.3) is 0 Å². The Morgan fingerprint density at radius 3 is 2.67 bits per heavy atom. The summed E-state index contributed by atoms with van der Waals surface area (Å²) in [6, 6.07) is 6.38. The number of hydrogen-bond acceptors (Lipinski definition) is 4. The second-order valence-corrected chi connectivity index (χ2v) is 4.99. The standard InChI is InChI=1S/C13H8BrFN2O4/c14-10-5-8(17(20)21)6-16(13(10)19)7-12(18)9-3-1-2-4-11(9)15/h1-6H,7H2. The monoisotopic (exact) mass is 354 g/mol. The maximum Gasteiger partial charge on any atom is 0.286 e. The summed E-state index contributed by atoms with van der Waals surface area (Å²) >= 11 is 2.90. The van der Waals surface area contributed by atoms with Crippen molar-refractivity contribution in [1.82, 2.24) is 4.57 Å². The largest absolute Gasteiger partial charge is 0.300 e. The second-order valence-electron chi connectivity index (χ2n) is 4.14. The predicted molar refractivity (Wildman–Crippen MR) is 75.8 cm³/mol. The predicted octanol–water partition coefficient (Wildman–Crippen LogP) is 2.54. The molecule has 2 aromatic rings. The van der Waals surface area contributed by atoms with E-state index in [1.54, 1.807) is 0 Å². The van der Waals surface area contributed by atoms with Crippen LogP contribution in [-0.2, 0) is 6.54 Å². The Hall–Kier alpha value is -2.35. The summed E-state index contributed by atoms with van der Waals surface area (Å²) < 4.78 is 14.3. The molecule has 0 radical (unpaired) electrons. The number of nitrogens with zero attached hydrogens (tertiary/aromatic N) is 2. The van der Waals surface area contributed by atoms with Crippen LogP contribution in [0.1, 0.15) is 10.4 Å². The minimum absolute atomic E-state index is 0.0435. The molecule has 0 aliphatic carbocycles. The van der Waals surface area contributed by atoms with Crippen LogP contribution in [-0.4, -0.2) is 15.3 Å². The lowest BCUT2D eigenvalue weighted by Crippen LogP contribution is -2.25. The zero-order valence-corrected chi connectivity index (χ0v) is 12.0. The number of carbonyl (C=O) groups excluding carboxylic acids is 1. The van der Waals surface area contributed by atoms with Gasteiger partial charge in [0.25, 0.3) is 11.2 Å². The van der Waals surface area contributed by atoms with Gasteiger partial charge >= 0.3 is 0 Å². The van der Waals surface area contributed by atoms with Gasteiger partial charge in [0.1, 0.15) is 5.82 Å². The minimum atomic E-state index is -0.708. The van der Waals surface area contributed by atoms with Crippen molar-refractivity contribution in [2.24, 2.45) is 0 Å². The fourth-order valence-corrected chi connectivity index (χ4v) is 2.19. The molecular weight excluding hydrogens is 347 g/mol. The van der Waals surface area contributed by atoms with E-state index in [0.717, 1.165) is 22.9 Å². The van der Waals surface area contributed by atoms with Gasteiger partial charge in [-0.2, -0.15) is 0 Å². The molecule has 1 aromatic heterocycles. The van der Waals surface area contributed by atoms with Crippen molar-refractivity contribution in [3.05, 3.63) is 72.9 Å². The van der Waals surface area contributed by atoms with Gasteiger partial charge in [0, 0.05) is 6.07 Å². The van der Waals surface area contributed by atoms with E-state index < -0.39 is 28.6 Å². The molecule has 108 valence electrons. The molecule has 1 aromatic carbocycles. The van der Waals surface area contributed by atoms with Crippen molar-refractivity contribution < 1.29 is 14.1 Å². The van der Waals surface area contributed by atoms with Crippen molar-refractivity contribution in [2.75, 3.05) is 0 Å². The van der Waals surface area contributed by atoms with E-state index in [1.165, 1.54) is 18.2 Å². The summed E-state index contributed by atoms with van der Waals surface area (Å²) in [5, 5.41) is 10.8. The Bertz CT molecular complexity index is 788. The highest BCUT2D eigenvalue weighted by Crippen LogP contribution is 2.15. The number of benzene rings is 1. The van der Waals surface area contributed by atoms with E-state index in [4.69, 9.17) is 0 Å². The quantitative estimate of drug-likeness (QED) is 0.479. The fraction of sp³-hybridized carbons (Fsp3) is 0.0769. The molecular formula is C13H8BrFN2O4. The zero-order valence-electron chi connectivity index (χ0n) is 10.5. The van der Waals surface area contributed by atoms with Crippen LogP contribution in [0.15, 0.2) is 45.8 Å². The molecule has 0 spiro atoms. The van der Waals surface area contributed by atoms with E-state index in [-0.39, 0.29) is 15.7 Å². The van der Waals surface area contributed by atoms with Gasteiger partial charge in [0.2, 0.25) is 0 Å². The van der Waals surface area contributed by atoms with Gasteiger partial charge < -0.3 is 0 Å². The smallest absolute Gasteiger partial charge is 0.286 e. The molecule has 0 aliphatic heterocycles. The highest BCUT2D eigenvalue weighted by molar-refractivity contribution is 9.10. The Balaban J connectivity index is 2.40. The molecule has 2 rings (SSSR count). The summed E-state index contributed by atoms with van der Waals surface area (Å²) in [4.78, 5) is 33.9. The molecule has 0 fully saturated rings. The number of carbonyl (C=O) groups is 1. The van der Waals surface area contributed by atoms with E-state index in [2.05, 4.69) is 15.9 Å². The maximum atomic E-state index is 13.5. The lowest BCUT2D eigenvalue weighted by Gasteiger charge is -2.06. The maximum absolute atomic E-state index is 13.5. The van der Waals surface area contributed by atoms with Crippen molar-refractivity contribution >= 4 is 27.4 Å². The Labute approximate surface area is 126 Å². The van der Waals surface area contributed by atoms with Gasteiger partial charge in [-0.25, -0.2) is 4.39 Å². The van der Waals surface area contributed by atoms with Gasteiger partial charge in [-0.3, -0.25) is 24.3 Å². The molecule has 0 atom stereocenters. The first-order valence-corrected chi connectivity index (χ1v) is 6.51. The third-order valence-electron chi connectivity index (χ3n) is 2.73. The van der Waals surface area contributed by atoms with E-state index in [1.807, 2.05) is 0 Å². The van der Waals surface area contributed by atoms with Crippen molar-refractivity contribution in [1.29, 1.82) is 0 Å². The summed E-state index contributed by atoms with van der Waals surface area (Å²) in [7, 11) is 0. The average Bonchev–Trinajstić information content (AvgIpc) is 2.43. The highest BCUT2D eigenvalue weighted by atomic mass is 79.9. The van der Waals surface area contributed by atoms with E-state index >= 15 is 0 Å². The lowest BCUT2D eigenvalue weighted by atomic mass is 10.1. The first kappa shape index (κ1) is 15.0. The van der Waals surface area contributed by atoms with Gasteiger partial charge in [0.05, 0.1) is 27.7 Å². The molecule has 0 saturated heterocycles. The van der Waals surface area contributed by atoms with Gasteiger partial charge in [-0.1, -0.05) is 12.1 Å². The second kappa shape index (κ2) is 5.96. The van der Waals surface area contributed by atoms with E-state index in [0.29, 0.717) is 0 Å². The van der Waals surface area contributed by atoms with Crippen LogP contribution in [0, 0.1) is 15.9 Å². The van der Waals surface area contributed by atoms with Crippen molar-refractivity contribution in [3.8, 4) is 0 Å². The normalized spacial score (nSPS) is 10.4. The molecule has 0 amide bonds. The van der Waals surface area contributed by atoms with Crippen LogP contribution < -0.4 is 5.56 Å². The summed E-state index contributed by atoms with van der Waals surface area (Å²) in [5.74, 6) is -1.36. The molecule has 0 saturated carbocycles. The van der Waals surface area contributed by atoms with E-state index in [9.17, 15) is 24.1 Å². The van der Waals surface area contributed by atoms with Crippen LogP contribution in [0.5, 0.6) is 0 Å². The average molecular weight is 355 g/mol. The number of pyridine rings is 1. The number of ketones is 1. The highest BCUT2D eigenvalue weighted by Gasteiger charge is 2.16. The number of rotatable bonds is 4. The third-order valence-corrected chi connectivity index (χ3v) is 3.30.